The number of aromatic amines is 1. The lowest BCUT2D eigenvalue weighted by molar-refractivity contribution is -0.157. The maximum Gasteiger partial charge on any atom is 0.331 e. The number of hydrogen-bond donors (Lipinski definition) is 3. The predicted molar refractivity (Wildman–Crippen MR) is 81.1 cm³/mol. The summed E-state index contributed by atoms with van der Waals surface area (Å²) in [5, 5.41) is 19.3. The summed E-state index contributed by atoms with van der Waals surface area (Å²) in [5.41, 5.74) is -2.94. The molecule has 8 nitrogen and oxygen atoms in total. The van der Waals surface area contributed by atoms with Crippen molar-refractivity contribution in [2.24, 2.45) is 0 Å². The zero-order valence-corrected chi connectivity index (χ0v) is 13.0. The third kappa shape index (κ3) is 3.05. The highest BCUT2D eigenvalue weighted by molar-refractivity contribution is 5.95. The van der Waals surface area contributed by atoms with E-state index in [9.17, 15) is 24.6 Å². The molecule has 3 atom stereocenters. The van der Waals surface area contributed by atoms with Gasteiger partial charge < -0.3 is 14.9 Å². The molecular weight excluding hydrogens is 304 g/mol. The molecule has 126 valence electrons. The van der Waals surface area contributed by atoms with Gasteiger partial charge in [-0.15, -0.1) is 0 Å². The molecular formula is C15H20N2O6. The molecule has 1 aliphatic rings. The summed E-state index contributed by atoms with van der Waals surface area (Å²) in [7, 11) is 0. The van der Waals surface area contributed by atoms with Crippen LogP contribution >= 0.6 is 0 Å². The molecule has 1 aliphatic heterocycles. The molecule has 0 spiro atoms. The summed E-state index contributed by atoms with van der Waals surface area (Å²) in [6, 6.07) is 0. The number of allylic oxidation sites excluding steroid dienone is 1. The van der Waals surface area contributed by atoms with Gasteiger partial charge >= 0.3 is 5.69 Å². The van der Waals surface area contributed by atoms with Crippen LogP contribution in [0.1, 0.15) is 25.3 Å². The summed E-state index contributed by atoms with van der Waals surface area (Å²) in [6.45, 7) is 2.84. The maximum atomic E-state index is 12.6. The lowest BCUT2D eigenvalue weighted by Gasteiger charge is -2.28. The Morgan fingerprint density at radius 3 is 2.83 bits per heavy atom. The first-order valence-corrected chi connectivity index (χ1v) is 7.36. The molecule has 0 radical (unpaired) electrons. The van der Waals surface area contributed by atoms with Crippen LogP contribution in [0.25, 0.3) is 0 Å². The van der Waals surface area contributed by atoms with Gasteiger partial charge in [0.15, 0.2) is 0 Å². The Balaban J connectivity index is 2.62. The Kier molecular flexibility index (Phi) is 4.98. The van der Waals surface area contributed by atoms with Crippen molar-refractivity contribution in [2.75, 3.05) is 6.61 Å². The van der Waals surface area contributed by atoms with E-state index in [1.807, 2.05) is 6.92 Å². The number of nitrogens with one attached hydrogen (secondary N) is 1. The minimum Gasteiger partial charge on any atom is -0.394 e. The van der Waals surface area contributed by atoms with Crippen LogP contribution in [0.15, 0.2) is 27.9 Å². The number of ether oxygens (including phenoxy) is 1. The fourth-order valence-electron chi connectivity index (χ4n) is 2.57. The summed E-state index contributed by atoms with van der Waals surface area (Å²) in [5.74, 6) is -0.539. The van der Waals surface area contributed by atoms with Gasteiger partial charge in [-0.25, -0.2) is 4.79 Å². The highest BCUT2D eigenvalue weighted by Gasteiger charge is 2.52. The molecule has 23 heavy (non-hydrogen) atoms. The van der Waals surface area contributed by atoms with Gasteiger partial charge in [0.25, 0.3) is 5.56 Å². The molecule has 0 amide bonds. The summed E-state index contributed by atoms with van der Waals surface area (Å²) >= 11 is 0. The van der Waals surface area contributed by atoms with E-state index in [0.717, 1.165) is 4.57 Å². The van der Waals surface area contributed by atoms with Crippen LogP contribution in [0.3, 0.4) is 0 Å². The van der Waals surface area contributed by atoms with E-state index in [1.165, 1.54) is 19.2 Å². The first kappa shape index (κ1) is 17.3. The number of hydrogen-bond acceptors (Lipinski definition) is 6. The van der Waals surface area contributed by atoms with Gasteiger partial charge in [0.05, 0.1) is 12.7 Å². The predicted octanol–water partition coefficient (Wildman–Crippen LogP) is -0.825. The highest BCUT2D eigenvalue weighted by Crippen LogP contribution is 2.35. The van der Waals surface area contributed by atoms with Crippen molar-refractivity contribution in [3.63, 3.8) is 0 Å². The van der Waals surface area contributed by atoms with Gasteiger partial charge in [-0.05, 0) is 19.4 Å². The van der Waals surface area contributed by atoms with Crippen LogP contribution in [0.5, 0.6) is 0 Å². The average Bonchev–Trinajstić information content (AvgIpc) is 2.86. The van der Waals surface area contributed by atoms with Crippen LogP contribution < -0.4 is 11.2 Å². The number of rotatable bonds is 5. The van der Waals surface area contributed by atoms with E-state index in [2.05, 4.69) is 4.98 Å². The van der Waals surface area contributed by atoms with Crippen LogP contribution in [-0.4, -0.2) is 44.4 Å². The third-order valence-corrected chi connectivity index (χ3v) is 3.84. The molecule has 0 aliphatic carbocycles. The molecule has 0 bridgehead atoms. The second-order valence-corrected chi connectivity index (χ2v) is 5.51. The number of aliphatic hydroxyl groups excluding tert-OH is 2. The normalized spacial score (nSPS) is 27.7. The Morgan fingerprint density at radius 1 is 1.57 bits per heavy atom. The number of aryl methyl sites for hydroxylation is 1. The minimum atomic E-state index is -1.79. The van der Waals surface area contributed by atoms with Gasteiger partial charge in [0, 0.05) is 18.2 Å². The quantitative estimate of drug-likeness (QED) is 0.608. The molecule has 1 aromatic rings. The van der Waals surface area contributed by atoms with Gasteiger partial charge in [0.1, 0.15) is 6.10 Å². The topological polar surface area (TPSA) is 122 Å². The van der Waals surface area contributed by atoms with Crippen LogP contribution in [0, 0.1) is 6.92 Å². The molecule has 1 fully saturated rings. The van der Waals surface area contributed by atoms with E-state index in [1.54, 1.807) is 6.08 Å². The van der Waals surface area contributed by atoms with E-state index in [0.29, 0.717) is 6.42 Å². The minimum absolute atomic E-state index is 0.198. The van der Waals surface area contributed by atoms with Gasteiger partial charge in [-0.3, -0.25) is 19.1 Å². The van der Waals surface area contributed by atoms with Crippen LogP contribution in [0.4, 0.5) is 0 Å². The van der Waals surface area contributed by atoms with Crippen molar-refractivity contribution in [1.29, 1.82) is 0 Å². The second kappa shape index (κ2) is 6.61. The Morgan fingerprint density at radius 2 is 2.26 bits per heavy atom. The van der Waals surface area contributed by atoms with Crippen molar-refractivity contribution in [3.8, 4) is 0 Å². The average molecular weight is 324 g/mol. The Labute approximate surface area is 132 Å². The monoisotopic (exact) mass is 324 g/mol. The van der Waals surface area contributed by atoms with Crippen molar-refractivity contribution >= 4 is 5.78 Å². The molecule has 0 unspecified atom stereocenters. The maximum absolute atomic E-state index is 12.6. The van der Waals surface area contributed by atoms with Crippen LogP contribution in [0.2, 0.25) is 0 Å². The van der Waals surface area contributed by atoms with Crippen LogP contribution in [-0.2, 0) is 15.3 Å². The number of ketones is 1. The Hall–Kier alpha value is -2.03. The zero-order valence-electron chi connectivity index (χ0n) is 13.0. The molecule has 2 heterocycles. The smallest absolute Gasteiger partial charge is 0.331 e. The largest absolute Gasteiger partial charge is 0.394 e. The fourth-order valence-corrected chi connectivity index (χ4v) is 2.57. The number of nitrogens with zero attached hydrogens (tertiary/aromatic N) is 1. The number of aromatic nitrogens is 2. The first-order valence-electron chi connectivity index (χ1n) is 7.36. The standard InChI is InChI=1S/C15H20N2O6/c1-3-4-5-12(20)15(6-10(19)11(8-18)23-15)17-7-9(2)13(21)16-14(17)22/h4-5,7,10-11,18-19H,3,6,8H2,1-2H3,(H,16,21,22)/t10-,11+,15-/m0/s1. The highest BCUT2D eigenvalue weighted by atomic mass is 16.6. The molecule has 1 saturated heterocycles. The van der Waals surface area contributed by atoms with Gasteiger partial charge in [-0.2, -0.15) is 0 Å². The zero-order chi connectivity index (χ0) is 17.2. The molecule has 0 aromatic carbocycles. The van der Waals surface area contributed by atoms with E-state index < -0.39 is 41.6 Å². The molecule has 1 aromatic heterocycles. The number of H-pyrrole nitrogens is 1. The Bertz CT molecular complexity index is 734. The summed E-state index contributed by atoms with van der Waals surface area (Å²) in [6.07, 6.45) is 2.41. The van der Waals surface area contributed by atoms with Crippen molar-refractivity contribution in [1.82, 2.24) is 9.55 Å². The lowest BCUT2D eigenvalue weighted by atomic mass is 10.0. The lowest BCUT2D eigenvalue weighted by Crippen LogP contribution is -2.49. The van der Waals surface area contributed by atoms with Gasteiger partial charge in [0.2, 0.25) is 11.5 Å². The van der Waals surface area contributed by atoms with E-state index in [4.69, 9.17) is 4.74 Å². The molecule has 0 saturated carbocycles. The third-order valence-electron chi connectivity index (χ3n) is 3.84. The molecule has 3 N–H and O–H groups in total. The number of aliphatic hydroxyl groups is 2. The van der Waals surface area contributed by atoms with Crippen molar-refractivity contribution < 1.29 is 19.7 Å². The van der Waals surface area contributed by atoms with Crippen molar-refractivity contribution in [3.05, 3.63) is 44.8 Å². The number of carbonyl (C=O) groups excluding carboxylic acids is 1. The second-order valence-electron chi connectivity index (χ2n) is 5.51. The van der Waals surface area contributed by atoms with Crippen molar-refractivity contribution in [2.45, 2.75) is 44.6 Å². The summed E-state index contributed by atoms with van der Waals surface area (Å²) < 4.78 is 6.55. The number of carbonyl (C=O) groups is 1. The van der Waals surface area contributed by atoms with E-state index >= 15 is 0 Å². The molecule has 2 rings (SSSR count). The van der Waals surface area contributed by atoms with E-state index in [-0.39, 0.29) is 12.0 Å². The molecule has 8 heteroatoms. The summed E-state index contributed by atoms with van der Waals surface area (Å²) in [4.78, 5) is 38.5. The fraction of sp³-hybridized carbons (Fsp3) is 0.533. The SMILES string of the molecule is CCC=CC(=O)[C@]1(n2cc(C)c(=O)[nH]c2=O)C[C@H](O)[C@@H](CO)O1. The van der Waals surface area contributed by atoms with Gasteiger partial charge in [-0.1, -0.05) is 13.0 Å². The first-order chi connectivity index (χ1) is 10.9.